The monoisotopic (exact) mass is 346 g/mol. The molecule has 130 valence electrons. The Balaban J connectivity index is 1.68. The molecule has 1 atom stereocenters. The van der Waals surface area contributed by atoms with Gasteiger partial charge in [0.2, 0.25) is 5.91 Å². The van der Waals surface area contributed by atoms with Gasteiger partial charge in [0.05, 0.1) is 22.8 Å². The van der Waals surface area contributed by atoms with E-state index in [4.69, 9.17) is 4.98 Å². The van der Waals surface area contributed by atoms with Gasteiger partial charge in [-0.1, -0.05) is 6.92 Å². The number of hydrogen-bond acceptors (Lipinski definition) is 4. The summed E-state index contributed by atoms with van der Waals surface area (Å²) < 4.78 is 1.86. The van der Waals surface area contributed by atoms with Crippen molar-refractivity contribution in [3.63, 3.8) is 0 Å². The van der Waals surface area contributed by atoms with E-state index in [1.165, 1.54) is 10.7 Å². The van der Waals surface area contributed by atoms with Crippen LogP contribution in [0.5, 0.6) is 0 Å². The van der Waals surface area contributed by atoms with Crippen LogP contribution in [0.15, 0.2) is 5.38 Å². The van der Waals surface area contributed by atoms with E-state index in [0.717, 1.165) is 49.3 Å². The molecule has 0 unspecified atom stereocenters. The normalized spacial score (nSPS) is 18.2. The fourth-order valence-electron chi connectivity index (χ4n) is 3.41. The second-order valence-electron chi connectivity index (χ2n) is 6.66. The molecule has 2 aromatic heterocycles. The number of aromatic nitrogens is 3. The van der Waals surface area contributed by atoms with Crippen molar-refractivity contribution in [2.45, 2.75) is 52.4 Å². The van der Waals surface area contributed by atoms with Gasteiger partial charge in [0, 0.05) is 42.7 Å². The van der Waals surface area contributed by atoms with E-state index in [-0.39, 0.29) is 5.91 Å². The third-order valence-corrected chi connectivity index (χ3v) is 6.10. The number of amides is 1. The average Bonchev–Trinajstić information content (AvgIpc) is 3.15. The van der Waals surface area contributed by atoms with Crippen LogP contribution in [0.3, 0.4) is 0 Å². The summed E-state index contributed by atoms with van der Waals surface area (Å²) >= 11 is 1.74. The summed E-state index contributed by atoms with van der Waals surface area (Å²) in [5, 5.41) is 7.76. The molecule has 0 N–H and O–H groups in total. The third-order valence-electron chi connectivity index (χ3n) is 5.04. The Kier molecular flexibility index (Phi) is 5.04. The van der Waals surface area contributed by atoms with E-state index in [0.29, 0.717) is 12.3 Å². The predicted octanol–water partition coefficient (Wildman–Crippen LogP) is 3.00. The molecule has 3 heterocycles. The Bertz CT molecular complexity index is 733. The first-order chi connectivity index (χ1) is 11.5. The van der Waals surface area contributed by atoms with Crippen LogP contribution in [0.2, 0.25) is 0 Å². The third kappa shape index (κ3) is 3.38. The number of nitrogens with zero attached hydrogens (tertiary/aromatic N) is 4. The van der Waals surface area contributed by atoms with E-state index >= 15 is 0 Å². The SMILES string of the molecule is CCc1csc([C@@H]2CCCN(C(=O)Cc3c(C)nn(C)c3C)C2)n1. The number of likely N-dealkylation sites (tertiary alicyclic amines) is 1. The predicted molar refractivity (Wildman–Crippen MR) is 96.4 cm³/mol. The van der Waals surface area contributed by atoms with Gasteiger partial charge in [0.1, 0.15) is 0 Å². The second-order valence-corrected chi connectivity index (χ2v) is 7.55. The molecule has 3 rings (SSSR count). The van der Waals surface area contributed by atoms with Crippen LogP contribution in [0.1, 0.15) is 53.3 Å². The fraction of sp³-hybridized carbons (Fsp3) is 0.611. The molecule has 1 aliphatic rings. The maximum absolute atomic E-state index is 12.8. The van der Waals surface area contributed by atoms with E-state index in [9.17, 15) is 4.79 Å². The lowest BCUT2D eigenvalue weighted by atomic mass is 9.98. The maximum Gasteiger partial charge on any atom is 0.227 e. The molecule has 0 aromatic carbocycles. The molecule has 1 aliphatic heterocycles. The van der Waals surface area contributed by atoms with Crippen LogP contribution in [0.4, 0.5) is 0 Å². The molecule has 0 aliphatic carbocycles. The molecular formula is C18H26N4OS. The lowest BCUT2D eigenvalue weighted by molar-refractivity contribution is -0.131. The zero-order valence-corrected chi connectivity index (χ0v) is 15.8. The molecule has 0 spiro atoms. The Hall–Kier alpha value is -1.69. The first-order valence-electron chi connectivity index (χ1n) is 8.70. The molecule has 0 saturated carbocycles. The van der Waals surface area contributed by atoms with Crippen molar-refractivity contribution < 1.29 is 4.79 Å². The summed E-state index contributed by atoms with van der Waals surface area (Å²) in [6, 6.07) is 0. The van der Waals surface area contributed by atoms with Crippen molar-refractivity contribution in [1.29, 1.82) is 0 Å². The standard InChI is InChI=1S/C18H26N4OS/c1-5-15-11-24-18(19-15)14-7-6-8-22(10-14)17(23)9-16-12(2)20-21(4)13(16)3/h11,14H,5-10H2,1-4H3/t14-/m1/s1. The van der Waals surface area contributed by atoms with Crippen LogP contribution >= 0.6 is 11.3 Å². The topological polar surface area (TPSA) is 51.0 Å². The quantitative estimate of drug-likeness (QED) is 0.855. The molecule has 1 amide bonds. The van der Waals surface area contributed by atoms with Gasteiger partial charge < -0.3 is 4.90 Å². The van der Waals surface area contributed by atoms with Gasteiger partial charge in [0.15, 0.2) is 0 Å². The molecule has 6 heteroatoms. The van der Waals surface area contributed by atoms with Crippen molar-refractivity contribution in [2.24, 2.45) is 7.05 Å². The number of rotatable bonds is 4. The summed E-state index contributed by atoms with van der Waals surface area (Å²) in [6.45, 7) is 7.81. The summed E-state index contributed by atoms with van der Waals surface area (Å²) in [5.74, 6) is 0.607. The van der Waals surface area contributed by atoms with Gasteiger partial charge in [-0.2, -0.15) is 5.10 Å². The molecular weight excluding hydrogens is 320 g/mol. The first kappa shape index (κ1) is 17.1. The van der Waals surface area contributed by atoms with Crippen LogP contribution in [0.25, 0.3) is 0 Å². The van der Waals surface area contributed by atoms with Gasteiger partial charge in [-0.15, -0.1) is 11.3 Å². The Morgan fingerprint density at radius 1 is 1.42 bits per heavy atom. The Labute approximate surface area is 147 Å². The number of hydrogen-bond donors (Lipinski definition) is 0. The van der Waals surface area contributed by atoms with E-state index in [2.05, 4.69) is 17.4 Å². The van der Waals surface area contributed by atoms with E-state index < -0.39 is 0 Å². The molecule has 24 heavy (non-hydrogen) atoms. The first-order valence-corrected chi connectivity index (χ1v) is 9.58. The zero-order valence-electron chi connectivity index (χ0n) is 15.0. The summed E-state index contributed by atoms with van der Waals surface area (Å²) in [5.41, 5.74) is 4.29. The average molecular weight is 347 g/mol. The van der Waals surface area contributed by atoms with Gasteiger partial charge in [-0.25, -0.2) is 4.98 Å². The van der Waals surface area contributed by atoms with Crippen molar-refractivity contribution in [2.75, 3.05) is 13.1 Å². The number of thiazole rings is 1. The van der Waals surface area contributed by atoms with Crippen LogP contribution in [-0.2, 0) is 24.7 Å². The lowest BCUT2D eigenvalue weighted by Crippen LogP contribution is -2.40. The molecule has 0 radical (unpaired) electrons. The van der Waals surface area contributed by atoms with Crippen LogP contribution in [0, 0.1) is 13.8 Å². The zero-order chi connectivity index (χ0) is 17.3. The largest absolute Gasteiger partial charge is 0.342 e. The minimum atomic E-state index is 0.214. The summed E-state index contributed by atoms with van der Waals surface area (Å²) in [6.07, 6.45) is 3.62. The highest BCUT2D eigenvalue weighted by molar-refractivity contribution is 7.09. The Morgan fingerprint density at radius 3 is 2.83 bits per heavy atom. The van der Waals surface area contributed by atoms with Gasteiger partial charge in [0.25, 0.3) is 0 Å². The molecule has 1 fully saturated rings. The van der Waals surface area contributed by atoms with Gasteiger partial charge >= 0.3 is 0 Å². The number of carbonyl (C=O) groups excluding carboxylic acids is 1. The highest BCUT2D eigenvalue weighted by Gasteiger charge is 2.27. The van der Waals surface area contributed by atoms with E-state index in [1.54, 1.807) is 11.3 Å². The maximum atomic E-state index is 12.8. The highest BCUT2D eigenvalue weighted by atomic mass is 32.1. The summed E-state index contributed by atoms with van der Waals surface area (Å²) in [4.78, 5) is 19.5. The number of carbonyl (C=O) groups is 1. The minimum absolute atomic E-state index is 0.214. The fourth-order valence-corrected chi connectivity index (χ4v) is 4.45. The molecule has 5 nitrogen and oxygen atoms in total. The lowest BCUT2D eigenvalue weighted by Gasteiger charge is -2.32. The highest BCUT2D eigenvalue weighted by Crippen LogP contribution is 2.30. The van der Waals surface area contributed by atoms with Crippen molar-refractivity contribution >= 4 is 17.2 Å². The van der Waals surface area contributed by atoms with Crippen molar-refractivity contribution in [1.82, 2.24) is 19.7 Å². The number of piperidine rings is 1. The van der Waals surface area contributed by atoms with Crippen LogP contribution < -0.4 is 0 Å². The van der Waals surface area contributed by atoms with E-state index in [1.807, 2.05) is 30.5 Å². The molecule has 2 aromatic rings. The second kappa shape index (κ2) is 7.05. The summed E-state index contributed by atoms with van der Waals surface area (Å²) in [7, 11) is 1.93. The Morgan fingerprint density at radius 2 is 2.21 bits per heavy atom. The van der Waals surface area contributed by atoms with Gasteiger partial charge in [-0.05, 0) is 33.1 Å². The minimum Gasteiger partial charge on any atom is -0.342 e. The van der Waals surface area contributed by atoms with Crippen molar-refractivity contribution in [3.05, 3.63) is 33.0 Å². The molecule has 0 bridgehead atoms. The smallest absolute Gasteiger partial charge is 0.227 e. The van der Waals surface area contributed by atoms with Crippen molar-refractivity contribution in [3.8, 4) is 0 Å². The molecule has 1 saturated heterocycles. The van der Waals surface area contributed by atoms with Gasteiger partial charge in [-0.3, -0.25) is 9.48 Å². The number of aryl methyl sites for hydroxylation is 3. The van der Waals surface area contributed by atoms with Crippen LogP contribution in [-0.4, -0.2) is 38.7 Å².